The summed E-state index contributed by atoms with van der Waals surface area (Å²) in [5, 5.41) is 4.06. The average molecular weight is 350 g/mol. The number of aromatic amines is 1. The molecule has 0 spiro atoms. The molecule has 0 unspecified atom stereocenters. The number of aromatic nitrogens is 1. The summed E-state index contributed by atoms with van der Waals surface area (Å²) in [5.74, 6) is 0.468. The Hall–Kier alpha value is -3.08. The highest BCUT2D eigenvalue weighted by molar-refractivity contribution is 5.98. The van der Waals surface area contributed by atoms with Crippen LogP contribution in [0.25, 0.3) is 10.9 Å². The molecule has 1 amide bonds. The lowest BCUT2D eigenvalue weighted by atomic mass is 10.1. The Morgan fingerprint density at radius 3 is 2.77 bits per heavy atom. The minimum atomic E-state index is -0.110. The molecule has 2 N–H and O–H groups in total. The number of ether oxygens (including phenoxy) is 1. The fourth-order valence-electron chi connectivity index (χ4n) is 2.93. The molecule has 1 heterocycles. The fourth-order valence-corrected chi connectivity index (χ4v) is 2.93. The Labute approximate surface area is 152 Å². The minimum Gasteiger partial charge on any atom is -0.497 e. The topological polar surface area (TPSA) is 71.2 Å². The van der Waals surface area contributed by atoms with Crippen LogP contribution in [0, 0.1) is 0 Å². The van der Waals surface area contributed by atoms with E-state index in [1.54, 1.807) is 31.4 Å². The lowest BCUT2D eigenvalue weighted by Gasteiger charge is -2.06. The normalized spacial score (nSPS) is 10.7. The van der Waals surface area contributed by atoms with Crippen molar-refractivity contribution < 1.29 is 14.3 Å². The predicted octanol–water partition coefficient (Wildman–Crippen LogP) is 3.50. The SMILES string of the molecule is COc1cccc(C(=O)CCC(=O)NCCc2c[nH]c3ccccc23)c1. The molecule has 0 bridgehead atoms. The van der Waals surface area contributed by atoms with Crippen molar-refractivity contribution in [1.29, 1.82) is 0 Å². The van der Waals surface area contributed by atoms with Crippen molar-refractivity contribution in [3.05, 3.63) is 65.9 Å². The summed E-state index contributed by atoms with van der Waals surface area (Å²) in [6, 6.07) is 15.1. The lowest BCUT2D eigenvalue weighted by Crippen LogP contribution is -2.26. The Morgan fingerprint density at radius 2 is 1.92 bits per heavy atom. The van der Waals surface area contributed by atoms with Gasteiger partial charge in [0.05, 0.1) is 7.11 Å². The third-order valence-corrected chi connectivity index (χ3v) is 4.36. The van der Waals surface area contributed by atoms with Gasteiger partial charge in [-0.15, -0.1) is 0 Å². The van der Waals surface area contributed by atoms with Crippen LogP contribution in [0.1, 0.15) is 28.8 Å². The second-order valence-electron chi connectivity index (χ2n) is 6.11. The molecule has 2 aromatic carbocycles. The molecule has 3 rings (SSSR count). The molecule has 3 aromatic rings. The van der Waals surface area contributed by atoms with E-state index in [0.29, 0.717) is 17.9 Å². The van der Waals surface area contributed by atoms with Crippen molar-refractivity contribution in [3.63, 3.8) is 0 Å². The number of para-hydroxylation sites is 1. The molecule has 1 aromatic heterocycles. The molecule has 0 atom stereocenters. The predicted molar refractivity (Wildman–Crippen MR) is 102 cm³/mol. The number of hydrogen-bond acceptors (Lipinski definition) is 3. The first-order chi connectivity index (χ1) is 12.7. The molecule has 0 aliphatic rings. The van der Waals surface area contributed by atoms with Crippen LogP contribution in [-0.4, -0.2) is 30.3 Å². The summed E-state index contributed by atoms with van der Waals surface area (Å²) in [4.78, 5) is 27.4. The second-order valence-corrected chi connectivity index (χ2v) is 6.11. The summed E-state index contributed by atoms with van der Waals surface area (Å²) < 4.78 is 5.12. The van der Waals surface area contributed by atoms with Gasteiger partial charge in [0.2, 0.25) is 5.91 Å². The van der Waals surface area contributed by atoms with Crippen molar-refractivity contribution in [2.24, 2.45) is 0 Å². The largest absolute Gasteiger partial charge is 0.497 e. The van der Waals surface area contributed by atoms with Crippen LogP contribution >= 0.6 is 0 Å². The molecular weight excluding hydrogens is 328 g/mol. The summed E-state index contributed by atoms with van der Waals surface area (Å²) in [6.07, 6.45) is 3.10. The van der Waals surface area contributed by atoms with Gasteiger partial charge in [0.15, 0.2) is 5.78 Å². The van der Waals surface area contributed by atoms with Gasteiger partial charge in [0.25, 0.3) is 0 Å². The van der Waals surface area contributed by atoms with Gasteiger partial charge in [0.1, 0.15) is 5.75 Å². The lowest BCUT2D eigenvalue weighted by molar-refractivity contribution is -0.121. The maximum atomic E-state index is 12.2. The number of ketones is 1. The first kappa shape index (κ1) is 17.7. The number of rotatable bonds is 8. The fraction of sp³-hybridized carbons (Fsp3) is 0.238. The summed E-state index contributed by atoms with van der Waals surface area (Å²) in [7, 11) is 1.56. The van der Waals surface area contributed by atoms with Gasteiger partial charge < -0.3 is 15.0 Å². The zero-order chi connectivity index (χ0) is 18.4. The summed E-state index contributed by atoms with van der Waals surface area (Å²) in [6.45, 7) is 0.550. The molecule has 0 radical (unpaired) electrons. The molecule has 0 saturated heterocycles. The Balaban J connectivity index is 1.45. The molecular formula is C21H22N2O3. The maximum absolute atomic E-state index is 12.2. The number of amides is 1. The quantitative estimate of drug-likeness (QED) is 0.611. The number of Topliss-reactive ketones (excluding diaryl/α,β-unsaturated/α-hetero) is 1. The van der Waals surface area contributed by atoms with Crippen LogP contribution in [0.4, 0.5) is 0 Å². The van der Waals surface area contributed by atoms with Gasteiger partial charge in [-0.25, -0.2) is 0 Å². The highest BCUT2D eigenvalue weighted by atomic mass is 16.5. The number of methoxy groups -OCH3 is 1. The van der Waals surface area contributed by atoms with E-state index in [2.05, 4.69) is 16.4 Å². The number of carbonyl (C=O) groups excluding carboxylic acids is 2. The van der Waals surface area contributed by atoms with Gasteiger partial charge in [-0.05, 0) is 30.2 Å². The smallest absolute Gasteiger partial charge is 0.220 e. The first-order valence-electron chi connectivity index (χ1n) is 8.66. The number of H-pyrrole nitrogens is 1. The number of nitrogens with one attached hydrogen (secondary N) is 2. The van der Waals surface area contributed by atoms with E-state index in [-0.39, 0.29) is 24.5 Å². The Morgan fingerprint density at radius 1 is 1.08 bits per heavy atom. The number of benzene rings is 2. The highest BCUT2D eigenvalue weighted by Crippen LogP contribution is 2.18. The van der Waals surface area contributed by atoms with Crippen LogP contribution in [0.5, 0.6) is 5.75 Å². The third kappa shape index (κ3) is 4.30. The van der Waals surface area contributed by atoms with Gasteiger partial charge in [-0.2, -0.15) is 0 Å². The van der Waals surface area contributed by atoms with Crippen LogP contribution < -0.4 is 10.1 Å². The van der Waals surface area contributed by atoms with E-state index in [4.69, 9.17) is 4.74 Å². The molecule has 0 aliphatic carbocycles. The molecule has 134 valence electrons. The monoisotopic (exact) mass is 350 g/mol. The van der Waals surface area contributed by atoms with Crippen LogP contribution in [0.15, 0.2) is 54.7 Å². The molecule has 5 nitrogen and oxygen atoms in total. The van der Waals surface area contributed by atoms with Crippen molar-refractivity contribution in [2.45, 2.75) is 19.3 Å². The zero-order valence-electron chi connectivity index (χ0n) is 14.7. The van der Waals surface area contributed by atoms with E-state index >= 15 is 0 Å². The summed E-state index contributed by atoms with van der Waals surface area (Å²) >= 11 is 0. The first-order valence-corrected chi connectivity index (χ1v) is 8.66. The van der Waals surface area contributed by atoms with Crippen molar-refractivity contribution >= 4 is 22.6 Å². The second kappa shape index (κ2) is 8.34. The van der Waals surface area contributed by atoms with Gasteiger partial charge in [-0.3, -0.25) is 9.59 Å². The van der Waals surface area contributed by atoms with Crippen LogP contribution in [0.3, 0.4) is 0 Å². The van der Waals surface area contributed by atoms with Crippen molar-refractivity contribution in [3.8, 4) is 5.75 Å². The van der Waals surface area contributed by atoms with E-state index in [1.807, 2.05) is 24.4 Å². The molecule has 5 heteroatoms. The van der Waals surface area contributed by atoms with Crippen LogP contribution in [-0.2, 0) is 11.2 Å². The average Bonchev–Trinajstić information content (AvgIpc) is 3.09. The summed E-state index contributed by atoms with van der Waals surface area (Å²) in [5.41, 5.74) is 2.84. The molecule has 0 fully saturated rings. The van der Waals surface area contributed by atoms with Gasteiger partial charge >= 0.3 is 0 Å². The highest BCUT2D eigenvalue weighted by Gasteiger charge is 2.10. The molecule has 0 saturated carbocycles. The zero-order valence-corrected chi connectivity index (χ0v) is 14.7. The van der Waals surface area contributed by atoms with E-state index in [1.165, 1.54) is 10.9 Å². The van der Waals surface area contributed by atoms with Crippen LogP contribution in [0.2, 0.25) is 0 Å². The Kier molecular flexibility index (Phi) is 5.69. The maximum Gasteiger partial charge on any atom is 0.220 e. The molecule has 0 aliphatic heterocycles. The van der Waals surface area contributed by atoms with Crippen molar-refractivity contribution in [2.75, 3.05) is 13.7 Å². The Bertz CT molecular complexity index is 914. The number of fused-ring (bicyclic) bond motifs is 1. The van der Waals surface area contributed by atoms with Crippen molar-refractivity contribution in [1.82, 2.24) is 10.3 Å². The third-order valence-electron chi connectivity index (χ3n) is 4.36. The minimum absolute atomic E-state index is 0.0596. The van der Waals surface area contributed by atoms with E-state index < -0.39 is 0 Å². The number of carbonyl (C=O) groups is 2. The molecule has 26 heavy (non-hydrogen) atoms. The van der Waals surface area contributed by atoms with Gasteiger partial charge in [-0.1, -0.05) is 30.3 Å². The number of hydrogen-bond donors (Lipinski definition) is 2. The standard InChI is InChI=1S/C21H22N2O3/c1-26-17-6-4-5-15(13-17)20(24)9-10-21(25)22-12-11-16-14-23-19-8-3-2-7-18(16)19/h2-8,13-14,23H,9-12H2,1H3,(H,22,25). The van der Waals surface area contributed by atoms with E-state index in [0.717, 1.165) is 11.9 Å². The van der Waals surface area contributed by atoms with E-state index in [9.17, 15) is 9.59 Å². The van der Waals surface area contributed by atoms with Gasteiger partial charge in [0, 0.05) is 42.0 Å².